The molecule has 0 aliphatic carbocycles. The van der Waals surface area contributed by atoms with Crippen LogP contribution >= 0.6 is 22.9 Å². The van der Waals surface area contributed by atoms with Crippen LogP contribution in [0.4, 0.5) is 0 Å². The standard InChI is InChI=1S/C17H17ClN2S/c1-11-8-14(21-12(11)2)10-19-9-13-5-6-16(18)15-4-3-7-20-17(13)15/h3-8,19H,9-10H2,1-2H3. The summed E-state index contributed by atoms with van der Waals surface area (Å²) in [5, 5.41) is 5.27. The number of nitrogens with one attached hydrogen (secondary N) is 1. The predicted molar refractivity (Wildman–Crippen MR) is 91.1 cm³/mol. The summed E-state index contributed by atoms with van der Waals surface area (Å²) in [4.78, 5) is 7.23. The van der Waals surface area contributed by atoms with Gasteiger partial charge in [0.05, 0.1) is 5.52 Å². The number of benzene rings is 1. The molecule has 1 N–H and O–H groups in total. The molecule has 0 aliphatic rings. The number of thiophene rings is 1. The first-order valence-electron chi connectivity index (χ1n) is 6.94. The smallest absolute Gasteiger partial charge is 0.0761 e. The highest BCUT2D eigenvalue weighted by Gasteiger charge is 2.06. The summed E-state index contributed by atoms with van der Waals surface area (Å²) in [6.45, 7) is 6.00. The maximum Gasteiger partial charge on any atom is 0.0761 e. The van der Waals surface area contributed by atoms with Gasteiger partial charge in [-0.25, -0.2) is 0 Å². The molecule has 108 valence electrons. The van der Waals surface area contributed by atoms with Gasteiger partial charge in [0.2, 0.25) is 0 Å². The molecule has 4 heteroatoms. The zero-order chi connectivity index (χ0) is 14.8. The lowest BCUT2D eigenvalue weighted by atomic mass is 10.1. The molecule has 0 aliphatic heterocycles. The van der Waals surface area contributed by atoms with E-state index in [1.54, 1.807) is 0 Å². The van der Waals surface area contributed by atoms with E-state index in [0.29, 0.717) is 0 Å². The van der Waals surface area contributed by atoms with Gasteiger partial charge in [0.15, 0.2) is 0 Å². The van der Waals surface area contributed by atoms with Gasteiger partial charge in [-0.3, -0.25) is 4.98 Å². The molecule has 21 heavy (non-hydrogen) atoms. The van der Waals surface area contributed by atoms with Crippen molar-refractivity contribution in [1.29, 1.82) is 0 Å². The molecular formula is C17H17ClN2S. The molecule has 2 heterocycles. The normalized spacial score (nSPS) is 11.2. The van der Waals surface area contributed by atoms with Crippen LogP contribution in [0.5, 0.6) is 0 Å². The number of aryl methyl sites for hydroxylation is 2. The third-order valence-corrected chi connectivity index (χ3v) is 5.11. The molecule has 0 radical (unpaired) electrons. The summed E-state index contributed by atoms with van der Waals surface area (Å²) in [5.41, 5.74) is 3.53. The zero-order valence-electron chi connectivity index (χ0n) is 12.1. The van der Waals surface area contributed by atoms with Crippen molar-refractivity contribution in [3.63, 3.8) is 0 Å². The Balaban J connectivity index is 1.75. The fourth-order valence-electron chi connectivity index (χ4n) is 2.40. The Morgan fingerprint density at radius 1 is 1.19 bits per heavy atom. The molecule has 0 saturated carbocycles. The van der Waals surface area contributed by atoms with Gasteiger partial charge in [-0.05, 0) is 49.2 Å². The Morgan fingerprint density at radius 2 is 2.05 bits per heavy atom. The van der Waals surface area contributed by atoms with Crippen LogP contribution in [0.3, 0.4) is 0 Å². The van der Waals surface area contributed by atoms with Crippen LogP contribution in [0.1, 0.15) is 20.9 Å². The van der Waals surface area contributed by atoms with Gasteiger partial charge in [0.25, 0.3) is 0 Å². The summed E-state index contributed by atoms with van der Waals surface area (Å²) in [7, 11) is 0. The van der Waals surface area contributed by atoms with Crippen LogP contribution in [0.2, 0.25) is 5.02 Å². The lowest BCUT2D eigenvalue weighted by molar-refractivity contribution is 0.703. The molecule has 0 fully saturated rings. The number of aromatic nitrogens is 1. The van der Waals surface area contributed by atoms with E-state index >= 15 is 0 Å². The number of rotatable bonds is 4. The number of hydrogen-bond donors (Lipinski definition) is 1. The monoisotopic (exact) mass is 316 g/mol. The predicted octanol–water partition coefficient (Wildman–Crippen LogP) is 4.86. The maximum absolute atomic E-state index is 6.22. The first kappa shape index (κ1) is 14.5. The average molecular weight is 317 g/mol. The molecule has 2 nitrogen and oxygen atoms in total. The van der Waals surface area contributed by atoms with E-state index in [0.717, 1.165) is 29.0 Å². The van der Waals surface area contributed by atoms with Gasteiger partial charge in [-0.1, -0.05) is 17.7 Å². The highest BCUT2D eigenvalue weighted by atomic mass is 35.5. The second-order valence-electron chi connectivity index (χ2n) is 5.16. The Hall–Kier alpha value is -1.42. The summed E-state index contributed by atoms with van der Waals surface area (Å²) in [5.74, 6) is 0. The van der Waals surface area contributed by atoms with Gasteiger partial charge in [-0.2, -0.15) is 0 Å². The molecule has 0 atom stereocenters. The fourth-order valence-corrected chi connectivity index (χ4v) is 3.63. The molecule has 3 rings (SSSR count). The van der Waals surface area contributed by atoms with Crippen molar-refractivity contribution < 1.29 is 0 Å². The summed E-state index contributed by atoms with van der Waals surface area (Å²) >= 11 is 8.08. The molecular weight excluding hydrogens is 300 g/mol. The van der Waals surface area contributed by atoms with E-state index in [2.05, 4.69) is 36.3 Å². The third kappa shape index (κ3) is 3.10. The Bertz CT molecular complexity index is 760. The number of halogens is 1. The lowest BCUT2D eigenvalue weighted by Gasteiger charge is -2.08. The van der Waals surface area contributed by atoms with Crippen LogP contribution < -0.4 is 5.32 Å². The van der Waals surface area contributed by atoms with Crippen molar-refractivity contribution in [3.8, 4) is 0 Å². The fraction of sp³-hybridized carbons (Fsp3) is 0.235. The van der Waals surface area contributed by atoms with Gasteiger partial charge >= 0.3 is 0 Å². The topological polar surface area (TPSA) is 24.9 Å². The van der Waals surface area contributed by atoms with Crippen molar-refractivity contribution in [3.05, 3.63) is 62.4 Å². The molecule has 0 unspecified atom stereocenters. The number of hydrogen-bond acceptors (Lipinski definition) is 3. The lowest BCUT2D eigenvalue weighted by Crippen LogP contribution is -2.12. The highest BCUT2D eigenvalue weighted by molar-refractivity contribution is 7.12. The van der Waals surface area contributed by atoms with E-state index in [1.165, 1.54) is 20.9 Å². The van der Waals surface area contributed by atoms with E-state index in [9.17, 15) is 0 Å². The second kappa shape index (κ2) is 6.14. The molecule has 0 spiro atoms. The summed E-state index contributed by atoms with van der Waals surface area (Å²) in [6, 6.07) is 10.2. The maximum atomic E-state index is 6.22. The van der Waals surface area contributed by atoms with Crippen LogP contribution in [0.15, 0.2) is 36.5 Å². The van der Waals surface area contributed by atoms with Crippen LogP contribution in [-0.2, 0) is 13.1 Å². The average Bonchev–Trinajstić information content (AvgIpc) is 2.80. The van der Waals surface area contributed by atoms with E-state index in [1.807, 2.05) is 35.7 Å². The minimum absolute atomic E-state index is 0.756. The van der Waals surface area contributed by atoms with E-state index < -0.39 is 0 Å². The summed E-state index contributed by atoms with van der Waals surface area (Å²) in [6.07, 6.45) is 1.81. The summed E-state index contributed by atoms with van der Waals surface area (Å²) < 4.78 is 0. The first-order valence-corrected chi connectivity index (χ1v) is 8.13. The van der Waals surface area contributed by atoms with Crippen molar-refractivity contribution in [2.75, 3.05) is 0 Å². The van der Waals surface area contributed by atoms with Crippen LogP contribution in [0.25, 0.3) is 10.9 Å². The van der Waals surface area contributed by atoms with Crippen LogP contribution in [-0.4, -0.2) is 4.98 Å². The number of pyridine rings is 1. The number of fused-ring (bicyclic) bond motifs is 1. The minimum Gasteiger partial charge on any atom is -0.308 e. The van der Waals surface area contributed by atoms with Crippen molar-refractivity contribution in [2.45, 2.75) is 26.9 Å². The first-order chi connectivity index (χ1) is 10.1. The SMILES string of the molecule is Cc1cc(CNCc2ccc(Cl)c3cccnc23)sc1C. The zero-order valence-corrected chi connectivity index (χ0v) is 13.7. The largest absolute Gasteiger partial charge is 0.308 e. The second-order valence-corrected chi connectivity index (χ2v) is 6.91. The molecule has 0 bridgehead atoms. The quantitative estimate of drug-likeness (QED) is 0.743. The van der Waals surface area contributed by atoms with Crippen LogP contribution in [0, 0.1) is 13.8 Å². The van der Waals surface area contributed by atoms with Gasteiger partial charge < -0.3 is 5.32 Å². The Labute approximate surface area is 133 Å². The van der Waals surface area contributed by atoms with Crippen molar-refractivity contribution in [1.82, 2.24) is 10.3 Å². The molecule has 0 saturated heterocycles. The highest BCUT2D eigenvalue weighted by Crippen LogP contribution is 2.25. The van der Waals surface area contributed by atoms with Gasteiger partial charge in [0, 0.05) is 39.4 Å². The minimum atomic E-state index is 0.756. The van der Waals surface area contributed by atoms with Gasteiger partial charge in [0.1, 0.15) is 0 Å². The molecule has 0 amide bonds. The van der Waals surface area contributed by atoms with E-state index in [-0.39, 0.29) is 0 Å². The van der Waals surface area contributed by atoms with Crippen molar-refractivity contribution >= 4 is 33.8 Å². The molecule has 1 aromatic carbocycles. The van der Waals surface area contributed by atoms with Gasteiger partial charge in [-0.15, -0.1) is 11.3 Å². The Kier molecular flexibility index (Phi) is 4.24. The van der Waals surface area contributed by atoms with E-state index in [4.69, 9.17) is 11.6 Å². The molecule has 2 aromatic heterocycles. The third-order valence-electron chi connectivity index (χ3n) is 3.63. The number of nitrogens with zero attached hydrogens (tertiary/aromatic N) is 1. The molecule has 3 aromatic rings. The Morgan fingerprint density at radius 3 is 2.81 bits per heavy atom. The van der Waals surface area contributed by atoms with Crippen molar-refractivity contribution in [2.24, 2.45) is 0 Å².